The smallest absolute Gasteiger partial charge is 0.270 e. The van der Waals surface area contributed by atoms with Gasteiger partial charge in [0.1, 0.15) is 11.5 Å². The third-order valence-corrected chi connectivity index (χ3v) is 3.08. The van der Waals surface area contributed by atoms with Gasteiger partial charge in [-0.1, -0.05) is 12.1 Å². The molecule has 0 saturated heterocycles. The molecule has 2 amide bonds. The van der Waals surface area contributed by atoms with Gasteiger partial charge in [0.2, 0.25) is 5.91 Å². The number of nitrogens with one attached hydrogen (secondary N) is 1. The van der Waals surface area contributed by atoms with Crippen LogP contribution >= 0.6 is 0 Å². The quantitative estimate of drug-likeness (QED) is 0.888. The van der Waals surface area contributed by atoms with Crippen molar-refractivity contribution in [3.05, 3.63) is 29.8 Å². The third-order valence-electron chi connectivity index (χ3n) is 3.08. The monoisotopic (exact) mass is 275 g/mol. The van der Waals surface area contributed by atoms with Crippen LogP contribution in [-0.2, 0) is 16.1 Å². The lowest BCUT2D eigenvalue weighted by Gasteiger charge is -2.20. The maximum atomic E-state index is 12.2. The Morgan fingerprint density at radius 3 is 2.60 bits per heavy atom. The lowest BCUT2D eigenvalue weighted by atomic mass is 10.1. The van der Waals surface area contributed by atoms with E-state index in [9.17, 15) is 9.59 Å². The summed E-state index contributed by atoms with van der Waals surface area (Å²) in [5, 5.41) is 3.81. The van der Waals surface area contributed by atoms with Gasteiger partial charge in [-0.15, -0.1) is 0 Å². The predicted molar refractivity (Wildman–Crippen MR) is 74.3 cm³/mol. The number of ether oxygens (including phenoxy) is 1. The van der Waals surface area contributed by atoms with Crippen LogP contribution in [-0.4, -0.2) is 36.6 Å². The summed E-state index contributed by atoms with van der Waals surface area (Å²) < 4.78 is 5.09. The SMILES string of the molecule is COc1ccc(CN(C)C(=O)C2=NNC(=O)CC2)cc1. The molecule has 106 valence electrons. The van der Waals surface area contributed by atoms with E-state index in [1.807, 2.05) is 24.3 Å². The predicted octanol–water partition coefficient (Wildman–Crippen LogP) is 0.920. The Balaban J connectivity index is 1.98. The van der Waals surface area contributed by atoms with E-state index in [4.69, 9.17) is 4.74 Å². The highest BCUT2D eigenvalue weighted by atomic mass is 16.5. The molecule has 0 unspecified atom stereocenters. The van der Waals surface area contributed by atoms with E-state index < -0.39 is 0 Å². The van der Waals surface area contributed by atoms with Crippen LogP contribution in [0.2, 0.25) is 0 Å². The lowest BCUT2D eigenvalue weighted by molar-refractivity contribution is -0.124. The molecule has 1 heterocycles. The van der Waals surface area contributed by atoms with E-state index in [2.05, 4.69) is 10.5 Å². The summed E-state index contributed by atoms with van der Waals surface area (Å²) in [5.74, 6) is 0.460. The van der Waals surface area contributed by atoms with E-state index >= 15 is 0 Å². The molecule has 2 rings (SSSR count). The number of hydrazone groups is 1. The Kier molecular flexibility index (Phi) is 4.34. The second kappa shape index (κ2) is 6.18. The van der Waals surface area contributed by atoms with E-state index in [-0.39, 0.29) is 11.8 Å². The molecule has 1 N–H and O–H groups in total. The first-order chi connectivity index (χ1) is 9.60. The Labute approximate surface area is 117 Å². The van der Waals surface area contributed by atoms with Gasteiger partial charge >= 0.3 is 0 Å². The molecular weight excluding hydrogens is 258 g/mol. The highest BCUT2D eigenvalue weighted by Crippen LogP contribution is 2.13. The highest BCUT2D eigenvalue weighted by Gasteiger charge is 2.21. The Hall–Kier alpha value is -2.37. The van der Waals surface area contributed by atoms with Crippen LogP contribution in [0.4, 0.5) is 0 Å². The van der Waals surface area contributed by atoms with Crippen molar-refractivity contribution >= 4 is 17.5 Å². The topological polar surface area (TPSA) is 71.0 Å². The molecule has 0 fully saturated rings. The fourth-order valence-electron chi connectivity index (χ4n) is 1.93. The molecule has 1 aromatic carbocycles. The molecule has 20 heavy (non-hydrogen) atoms. The summed E-state index contributed by atoms with van der Waals surface area (Å²) in [6.07, 6.45) is 0.693. The first-order valence-corrected chi connectivity index (χ1v) is 6.34. The molecule has 0 aliphatic carbocycles. The number of rotatable bonds is 4. The van der Waals surface area contributed by atoms with E-state index in [0.29, 0.717) is 25.1 Å². The van der Waals surface area contributed by atoms with Gasteiger partial charge in [0, 0.05) is 26.4 Å². The Bertz CT molecular complexity index is 537. The molecule has 6 heteroatoms. The van der Waals surface area contributed by atoms with Crippen molar-refractivity contribution in [3.8, 4) is 5.75 Å². The van der Waals surface area contributed by atoms with Crippen molar-refractivity contribution in [3.63, 3.8) is 0 Å². The van der Waals surface area contributed by atoms with Gasteiger partial charge in [-0.25, -0.2) is 5.43 Å². The molecule has 0 spiro atoms. The van der Waals surface area contributed by atoms with Crippen LogP contribution in [0, 0.1) is 0 Å². The van der Waals surface area contributed by atoms with Crippen molar-refractivity contribution in [2.24, 2.45) is 5.10 Å². The van der Waals surface area contributed by atoms with Gasteiger partial charge in [-0.2, -0.15) is 5.10 Å². The molecule has 0 atom stereocenters. The van der Waals surface area contributed by atoms with Gasteiger partial charge in [-0.3, -0.25) is 9.59 Å². The average Bonchev–Trinajstić information content (AvgIpc) is 2.48. The fraction of sp³-hybridized carbons (Fsp3) is 0.357. The molecule has 0 bridgehead atoms. The lowest BCUT2D eigenvalue weighted by Crippen LogP contribution is -2.37. The maximum absolute atomic E-state index is 12.2. The van der Waals surface area contributed by atoms with E-state index in [1.54, 1.807) is 19.1 Å². The summed E-state index contributed by atoms with van der Waals surface area (Å²) in [6, 6.07) is 7.53. The van der Waals surface area contributed by atoms with Gasteiger partial charge in [0.15, 0.2) is 0 Å². The van der Waals surface area contributed by atoms with E-state index in [1.165, 1.54) is 0 Å². The van der Waals surface area contributed by atoms with Crippen molar-refractivity contribution in [2.75, 3.05) is 14.2 Å². The first-order valence-electron chi connectivity index (χ1n) is 6.34. The molecular formula is C14H17N3O3. The Morgan fingerprint density at radius 1 is 1.35 bits per heavy atom. The fourth-order valence-corrected chi connectivity index (χ4v) is 1.93. The number of methoxy groups -OCH3 is 1. The molecule has 1 aromatic rings. The zero-order chi connectivity index (χ0) is 14.5. The number of hydrogen-bond donors (Lipinski definition) is 1. The molecule has 0 radical (unpaired) electrons. The molecule has 1 aliphatic rings. The summed E-state index contributed by atoms with van der Waals surface area (Å²) in [4.78, 5) is 24.7. The number of nitrogens with zero attached hydrogens (tertiary/aromatic N) is 2. The highest BCUT2D eigenvalue weighted by molar-refractivity contribution is 6.39. The van der Waals surface area contributed by atoms with Gasteiger partial charge < -0.3 is 9.64 Å². The largest absolute Gasteiger partial charge is 0.497 e. The normalized spacial score (nSPS) is 14.3. The van der Waals surface area contributed by atoms with Crippen molar-refractivity contribution < 1.29 is 14.3 Å². The molecule has 6 nitrogen and oxygen atoms in total. The zero-order valence-corrected chi connectivity index (χ0v) is 11.5. The van der Waals surface area contributed by atoms with Crippen LogP contribution < -0.4 is 10.2 Å². The number of amides is 2. The minimum absolute atomic E-state index is 0.153. The minimum atomic E-state index is -0.166. The Morgan fingerprint density at radius 2 is 2.05 bits per heavy atom. The van der Waals surface area contributed by atoms with Crippen molar-refractivity contribution in [1.82, 2.24) is 10.3 Å². The van der Waals surface area contributed by atoms with Crippen LogP contribution in [0.3, 0.4) is 0 Å². The van der Waals surface area contributed by atoms with E-state index in [0.717, 1.165) is 11.3 Å². The van der Waals surface area contributed by atoms with Crippen LogP contribution in [0.1, 0.15) is 18.4 Å². The maximum Gasteiger partial charge on any atom is 0.270 e. The van der Waals surface area contributed by atoms with Crippen LogP contribution in [0.5, 0.6) is 5.75 Å². The molecule has 0 saturated carbocycles. The van der Waals surface area contributed by atoms with Gasteiger partial charge in [0.05, 0.1) is 7.11 Å². The zero-order valence-electron chi connectivity index (χ0n) is 11.5. The van der Waals surface area contributed by atoms with Crippen molar-refractivity contribution in [2.45, 2.75) is 19.4 Å². The summed E-state index contributed by atoms with van der Waals surface area (Å²) in [6.45, 7) is 0.482. The van der Waals surface area contributed by atoms with Crippen LogP contribution in [0.15, 0.2) is 29.4 Å². The first kappa shape index (κ1) is 14.0. The van der Waals surface area contributed by atoms with Gasteiger partial charge in [0.25, 0.3) is 5.91 Å². The molecule has 1 aliphatic heterocycles. The standard InChI is InChI=1S/C14H17N3O3/c1-17(9-10-3-5-11(20-2)6-4-10)14(19)12-7-8-13(18)16-15-12/h3-6H,7-9H2,1-2H3,(H,16,18). The van der Waals surface area contributed by atoms with Crippen molar-refractivity contribution in [1.29, 1.82) is 0 Å². The summed E-state index contributed by atoms with van der Waals surface area (Å²) in [5.41, 5.74) is 3.72. The molecule has 0 aromatic heterocycles. The number of carbonyl (C=O) groups is 2. The van der Waals surface area contributed by atoms with Gasteiger partial charge in [-0.05, 0) is 17.7 Å². The number of benzene rings is 1. The summed E-state index contributed by atoms with van der Waals surface area (Å²) >= 11 is 0. The third kappa shape index (κ3) is 3.34. The minimum Gasteiger partial charge on any atom is -0.497 e. The van der Waals surface area contributed by atoms with Crippen LogP contribution in [0.25, 0.3) is 0 Å². The summed E-state index contributed by atoms with van der Waals surface area (Å²) in [7, 11) is 3.33. The second-order valence-electron chi connectivity index (χ2n) is 4.60. The second-order valence-corrected chi connectivity index (χ2v) is 4.60. The average molecular weight is 275 g/mol. The number of carbonyl (C=O) groups excluding carboxylic acids is 2. The number of hydrogen-bond acceptors (Lipinski definition) is 4.